The van der Waals surface area contributed by atoms with Crippen molar-refractivity contribution in [3.05, 3.63) is 58.1 Å². The Morgan fingerprint density at radius 3 is 2.41 bits per heavy atom. The van der Waals surface area contributed by atoms with E-state index in [1.54, 1.807) is 11.3 Å². The van der Waals surface area contributed by atoms with Crippen molar-refractivity contribution in [2.24, 2.45) is 0 Å². The molecule has 3 nitrogen and oxygen atoms in total. The SMILES string of the molecule is CC(C)N(CCOc1ccc2nc(Cc3ccc(Cl)cc3)sc2c1)C(C)C. The predicted octanol–water partition coefficient (Wildman–Crippen LogP) is 6.04. The number of rotatable bonds is 8. The van der Waals surface area contributed by atoms with Gasteiger partial charge in [0.15, 0.2) is 0 Å². The normalized spacial score (nSPS) is 11.9. The van der Waals surface area contributed by atoms with Gasteiger partial charge in [-0.05, 0) is 63.6 Å². The lowest BCUT2D eigenvalue weighted by atomic mass is 10.2. The van der Waals surface area contributed by atoms with Gasteiger partial charge in [0.25, 0.3) is 0 Å². The van der Waals surface area contributed by atoms with Crippen LogP contribution in [-0.4, -0.2) is 35.1 Å². The fourth-order valence-corrected chi connectivity index (χ4v) is 4.43. The van der Waals surface area contributed by atoms with Gasteiger partial charge in [-0.2, -0.15) is 0 Å². The molecule has 1 aromatic heterocycles. The molecule has 0 amide bonds. The first kappa shape index (κ1) is 20.1. The van der Waals surface area contributed by atoms with Crippen molar-refractivity contribution >= 4 is 33.2 Å². The summed E-state index contributed by atoms with van der Waals surface area (Å²) in [6, 6.07) is 15.2. The molecular formula is C22H27ClN2OS. The number of aromatic nitrogens is 1. The van der Waals surface area contributed by atoms with E-state index >= 15 is 0 Å². The van der Waals surface area contributed by atoms with Crippen LogP contribution in [0.5, 0.6) is 5.75 Å². The number of halogens is 1. The average Bonchev–Trinajstić information content (AvgIpc) is 3.01. The van der Waals surface area contributed by atoms with E-state index in [0.717, 1.165) is 34.3 Å². The molecule has 144 valence electrons. The summed E-state index contributed by atoms with van der Waals surface area (Å²) in [6.07, 6.45) is 0.824. The van der Waals surface area contributed by atoms with Crippen LogP contribution in [0.4, 0.5) is 0 Å². The molecular weight excluding hydrogens is 376 g/mol. The highest BCUT2D eigenvalue weighted by Crippen LogP contribution is 2.28. The first-order valence-corrected chi connectivity index (χ1v) is 10.6. The minimum atomic E-state index is 0.521. The summed E-state index contributed by atoms with van der Waals surface area (Å²) < 4.78 is 7.18. The maximum Gasteiger partial charge on any atom is 0.120 e. The zero-order valence-electron chi connectivity index (χ0n) is 16.4. The highest BCUT2D eigenvalue weighted by atomic mass is 35.5. The van der Waals surface area contributed by atoms with E-state index in [9.17, 15) is 0 Å². The van der Waals surface area contributed by atoms with Crippen molar-refractivity contribution in [2.75, 3.05) is 13.2 Å². The van der Waals surface area contributed by atoms with E-state index in [4.69, 9.17) is 21.3 Å². The number of nitrogens with zero attached hydrogens (tertiary/aromatic N) is 2. The van der Waals surface area contributed by atoms with Crippen LogP contribution in [-0.2, 0) is 6.42 Å². The Hall–Kier alpha value is -1.62. The largest absolute Gasteiger partial charge is 0.492 e. The van der Waals surface area contributed by atoms with Crippen LogP contribution in [0.25, 0.3) is 10.2 Å². The van der Waals surface area contributed by atoms with Gasteiger partial charge in [0.05, 0.1) is 15.2 Å². The van der Waals surface area contributed by atoms with Crippen LogP contribution < -0.4 is 4.74 Å². The Morgan fingerprint density at radius 2 is 1.74 bits per heavy atom. The lowest BCUT2D eigenvalue weighted by Crippen LogP contribution is -2.39. The summed E-state index contributed by atoms with van der Waals surface area (Å²) in [4.78, 5) is 7.19. The Bertz CT molecular complexity index is 866. The smallest absolute Gasteiger partial charge is 0.120 e. The van der Waals surface area contributed by atoms with Gasteiger partial charge in [0.2, 0.25) is 0 Å². The number of fused-ring (bicyclic) bond motifs is 1. The highest BCUT2D eigenvalue weighted by Gasteiger charge is 2.13. The molecule has 0 aliphatic carbocycles. The molecule has 0 N–H and O–H groups in total. The lowest BCUT2D eigenvalue weighted by Gasteiger charge is -2.30. The summed E-state index contributed by atoms with van der Waals surface area (Å²) in [5.74, 6) is 0.914. The highest BCUT2D eigenvalue weighted by molar-refractivity contribution is 7.18. The molecule has 27 heavy (non-hydrogen) atoms. The van der Waals surface area contributed by atoms with Crippen LogP contribution in [0.2, 0.25) is 5.02 Å². The molecule has 0 saturated heterocycles. The van der Waals surface area contributed by atoms with E-state index in [0.29, 0.717) is 18.7 Å². The van der Waals surface area contributed by atoms with Crippen LogP contribution >= 0.6 is 22.9 Å². The molecule has 0 aliphatic heterocycles. The Kier molecular flexibility index (Phi) is 6.74. The molecule has 2 aromatic carbocycles. The number of hydrogen-bond acceptors (Lipinski definition) is 4. The predicted molar refractivity (Wildman–Crippen MR) is 116 cm³/mol. The molecule has 0 radical (unpaired) electrons. The Morgan fingerprint density at radius 1 is 1.04 bits per heavy atom. The van der Waals surface area contributed by atoms with Crippen LogP contribution in [0, 0.1) is 0 Å². The van der Waals surface area contributed by atoms with Crippen LogP contribution in [0.3, 0.4) is 0 Å². The van der Waals surface area contributed by atoms with Gasteiger partial charge in [0.1, 0.15) is 12.4 Å². The third-order valence-electron chi connectivity index (χ3n) is 4.62. The Balaban J connectivity index is 1.64. The van der Waals surface area contributed by atoms with Gasteiger partial charge in [-0.15, -0.1) is 11.3 Å². The van der Waals surface area contributed by atoms with E-state index < -0.39 is 0 Å². The standard InChI is InChI=1S/C22H27ClN2OS/c1-15(2)25(16(3)4)11-12-26-19-9-10-20-21(14-19)27-22(24-20)13-17-5-7-18(23)8-6-17/h5-10,14-16H,11-13H2,1-4H3. The van der Waals surface area contributed by atoms with E-state index in [2.05, 4.69) is 56.9 Å². The Labute approximate surface area is 170 Å². The van der Waals surface area contributed by atoms with Crippen molar-refractivity contribution in [1.82, 2.24) is 9.88 Å². The van der Waals surface area contributed by atoms with E-state index in [1.807, 2.05) is 18.2 Å². The molecule has 5 heteroatoms. The molecule has 0 spiro atoms. The first-order chi connectivity index (χ1) is 12.9. The molecule has 0 aliphatic rings. The fraction of sp³-hybridized carbons (Fsp3) is 0.409. The monoisotopic (exact) mass is 402 g/mol. The van der Waals surface area contributed by atoms with E-state index in [-0.39, 0.29) is 0 Å². The van der Waals surface area contributed by atoms with Crippen LogP contribution in [0.1, 0.15) is 38.3 Å². The zero-order chi connectivity index (χ0) is 19.4. The third-order valence-corrected chi connectivity index (χ3v) is 5.89. The first-order valence-electron chi connectivity index (χ1n) is 9.45. The summed E-state index contributed by atoms with van der Waals surface area (Å²) in [6.45, 7) is 10.5. The minimum absolute atomic E-state index is 0.521. The second-order valence-corrected chi connectivity index (χ2v) is 8.87. The zero-order valence-corrected chi connectivity index (χ0v) is 18.0. The van der Waals surface area contributed by atoms with Crippen molar-refractivity contribution in [1.29, 1.82) is 0 Å². The third kappa shape index (κ3) is 5.44. The number of ether oxygens (including phenoxy) is 1. The van der Waals surface area contributed by atoms with Crippen molar-refractivity contribution in [2.45, 2.75) is 46.2 Å². The van der Waals surface area contributed by atoms with Gasteiger partial charge in [0, 0.05) is 30.1 Å². The van der Waals surface area contributed by atoms with Gasteiger partial charge in [-0.25, -0.2) is 4.98 Å². The molecule has 0 unspecified atom stereocenters. The van der Waals surface area contributed by atoms with Gasteiger partial charge in [-0.3, -0.25) is 4.90 Å². The molecule has 3 rings (SSSR count). The number of hydrogen-bond donors (Lipinski definition) is 0. The van der Waals surface area contributed by atoms with E-state index in [1.165, 1.54) is 10.3 Å². The molecule has 0 bridgehead atoms. The van der Waals surface area contributed by atoms with Crippen molar-refractivity contribution in [3.8, 4) is 5.75 Å². The van der Waals surface area contributed by atoms with Crippen LogP contribution in [0.15, 0.2) is 42.5 Å². The van der Waals surface area contributed by atoms with Gasteiger partial charge < -0.3 is 4.74 Å². The maximum absolute atomic E-state index is 6.01. The number of thiazole rings is 1. The summed E-state index contributed by atoms with van der Waals surface area (Å²) in [5.41, 5.74) is 2.25. The summed E-state index contributed by atoms with van der Waals surface area (Å²) in [7, 11) is 0. The second-order valence-electron chi connectivity index (χ2n) is 7.31. The molecule has 3 aromatic rings. The summed E-state index contributed by atoms with van der Waals surface area (Å²) in [5, 5.41) is 1.87. The van der Waals surface area contributed by atoms with Gasteiger partial charge >= 0.3 is 0 Å². The van der Waals surface area contributed by atoms with Crippen molar-refractivity contribution < 1.29 is 4.74 Å². The topological polar surface area (TPSA) is 25.4 Å². The molecule has 0 atom stereocenters. The molecule has 1 heterocycles. The minimum Gasteiger partial charge on any atom is -0.492 e. The lowest BCUT2D eigenvalue weighted by molar-refractivity contribution is 0.142. The molecule has 0 fully saturated rings. The quantitative estimate of drug-likeness (QED) is 0.459. The van der Waals surface area contributed by atoms with Crippen molar-refractivity contribution in [3.63, 3.8) is 0 Å². The number of benzene rings is 2. The maximum atomic E-state index is 6.01. The summed E-state index contributed by atoms with van der Waals surface area (Å²) >= 11 is 7.69. The second kappa shape index (κ2) is 9.05. The molecule has 0 saturated carbocycles. The average molecular weight is 403 g/mol. The van der Waals surface area contributed by atoms with Gasteiger partial charge in [-0.1, -0.05) is 23.7 Å². The fourth-order valence-electron chi connectivity index (χ4n) is 3.28.